The molecule has 0 radical (unpaired) electrons. The largest absolute Gasteiger partial charge is 0.506 e. The fourth-order valence-corrected chi connectivity index (χ4v) is 2.20. The summed E-state index contributed by atoms with van der Waals surface area (Å²) in [6.07, 6.45) is 0.925. The zero-order valence-corrected chi connectivity index (χ0v) is 14.4. The molecule has 2 aromatic carbocycles. The molecule has 0 aliphatic heterocycles. The van der Waals surface area contributed by atoms with Gasteiger partial charge in [0, 0.05) is 5.56 Å². The smallest absolute Gasteiger partial charge is 0.257 e. The van der Waals surface area contributed by atoms with Gasteiger partial charge < -0.3 is 15.2 Å². The highest BCUT2D eigenvalue weighted by atomic mass is 32.1. The molecular weight excluding hydrogens is 324 g/mol. The number of ether oxygens (including phenoxy) is 1. The van der Waals surface area contributed by atoms with Crippen LogP contribution < -0.4 is 15.4 Å². The van der Waals surface area contributed by atoms with Gasteiger partial charge in [0.05, 0.1) is 12.3 Å². The number of aromatic hydroxyl groups is 1. The molecule has 0 bridgehead atoms. The molecule has 0 saturated heterocycles. The molecule has 0 spiro atoms. The molecular formula is C18H20N2O3S. The van der Waals surface area contributed by atoms with Gasteiger partial charge in [-0.2, -0.15) is 0 Å². The molecule has 3 N–H and O–H groups in total. The van der Waals surface area contributed by atoms with Crippen LogP contribution in [-0.4, -0.2) is 22.7 Å². The number of aryl methyl sites for hydroxylation is 1. The zero-order chi connectivity index (χ0) is 17.5. The van der Waals surface area contributed by atoms with Crippen LogP contribution in [0.3, 0.4) is 0 Å². The number of phenols is 1. The van der Waals surface area contributed by atoms with Crippen LogP contribution >= 0.6 is 12.2 Å². The van der Waals surface area contributed by atoms with Gasteiger partial charge >= 0.3 is 0 Å². The summed E-state index contributed by atoms with van der Waals surface area (Å²) in [5.74, 6) is 0.454. The Morgan fingerprint density at radius 1 is 1.21 bits per heavy atom. The first-order valence-electron chi connectivity index (χ1n) is 7.64. The minimum atomic E-state index is -0.332. The van der Waals surface area contributed by atoms with Gasteiger partial charge in [0.1, 0.15) is 11.5 Å². The molecule has 0 atom stereocenters. The maximum atomic E-state index is 12.2. The quantitative estimate of drug-likeness (QED) is 0.571. The van der Waals surface area contributed by atoms with Gasteiger partial charge in [-0.25, -0.2) is 0 Å². The van der Waals surface area contributed by atoms with Gasteiger partial charge in [-0.05, 0) is 67.5 Å². The number of amides is 1. The number of carbonyl (C=O) groups excluding carboxylic acids is 1. The first-order chi connectivity index (χ1) is 11.5. The number of carbonyl (C=O) groups is 1. The second-order valence-electron chi connectivity index (χ2n) is 5.30. The van der Waals surface area contributed by atoms with E-state index in [9.17, 15) is 9.90 Å². The number of benzene rings is 2. The first-order valence-corrected chi connectivity index (χ1v) is 8.05. The van der Waals surface area contributed by atoms with Crippen LogP contribution in [0.25, 0.3) is 0 Å². The van der Waals surface area contributed by atoms with Crippen molar-refractivity contribution in [3.63, 3.8) is 0 Å². The third-order valence-corrected chi connectivity index (χ3v) is 3.42. The van der Waals surface area contributed by atoms with E-state index in [2.05, 4.69) is 10.6 Å². The minimum Gasteiger partial charge on any atom is -0.506 e. The molecule has 0 aromatic heterocycles. The Labute approximate surface area is 146 Å². The van der Waals surface area contributed by atoms with Gasteiger partial charge in [0.2, 0.25) is 0 Å². The normalized spacial score (nSPS) is 10.1. The fourth-order valence-electron chi connectivity index (χ4n) is 2.00. The molecule has 0 saturated carbocycles. The minimum absolute atomic E-state index is 0.0645. The Balaban J connectivity index is 1.96. The molecule has 2 rings (SSSR count). The molecule has 126 valence electrons. The molecule has 2 aromatic rings. The van der Waals surface area contributed by atoms with Crippen LogP contribution in [-0.2, 0) is 0 Å². The summed E-state index contributed by atoms with van der Waals surface area (Å²) >= 11 is 5.12. The Morgan fingerprint density at radius 2 is 1.92 bits per heavy atom. The number of hydrogen-bond acceptors (Lipinski definition) is 4. The van der Waals surface area contributed by atoms with E-state index in [1.165, 1.54) is 0 Å². The monoisotopic (exact) mass is 344 g/mol. The number of thiocarbonyl (C=S) groups is 1. The van der Waals surface area contributed by atoms with Crippen LogP contribution in [0.2, 0.25) is 0 Å². The van der Waals surface area contributed by atoms with Crippen LogP contribution in [0, 0.1) is 6.92 Å². The van der Waals surface area contributed by atoms with Crippen molar-refractivity contribution in [2.45, 2.75) is 20.3 Å². The highest BCUT2D eigenvalue weighted by Crippen LogP contribution is 2.23. The predicted molar refractivity (Wildman–Crippen MR) is 98.8 cm³/mol. The standard InChI is InChI=1S/C18H20N2O3S/c1-3-10-23-14-7-5-13(6-8-14)17(22)20-18(24)19-15-11-12(2)4-9-16(15)21/h4-9,11,21H,3,10H2,1-2H3,(H2,19,20,22,24). The Morgan fingerprint density at radius 3 is 2.58 bits per heavy atom. The van der Waals surface area contributed by atoms with E-state index in [4.69, 9.17) is 17.0 Å². The molecule has 0 heterocycles. The number of phenolic OH excluding ortho intramolecular Hbond substituents is 1. The SMILES string of the molecule is CCCOc1ccc(C(=O)NC(=S)Nc2cc(C)ccc2O)cc1. The summed E-state index contributed by atoms with van der Waals surface area (Å²) in [7, 11) is 0. The lowest BCUT2D eigenvalue weighted by atomic mass is 10.2. The van der Waals surface area contributed by atoms with E-state index in [1.807, 2.05) is 13.8 Å². The molecule has 24 heavy (non-hydrogen) atoms. The number of anilines is 1. The molecule has 0 unspecified atom stereocenters. The zero-order valence-electron chi connectivity index (χ0n) is 13.6. The second-order valence-corrected chi connectivity index (χ2v) is 5.71. The average Bonchev–Trinajstić information content (AvgIpc) is 2.56. The second kappa shape index (κ2) is 8.31. The Bertz CT molecular complexity index is 730. The third kappa shape index (κ3) is 4.96. The van der Waals surface area contributed by atoms with Crippen molar-refractivity contribution in [3.8, 4) is 11.5 Å². The molecule has 0 fully saturated rings. The lowest BCUT2D eigenvalue weighted by Gasteiger charge is -2.12. The lowest BCUT2D eigenvalue weighted by molar-refractivity contribution is 0.0977. The third-order valence-electron chi connectivity index (χ3n) is 3.22. The van der Waals surface area contributed by atoms with E-state index in [-0.39, 0.29) is 16.8 Å². The van der Waals surface area contributed by atoms with E-state index in [1.54, 1.807) is 42.5 Å². The maximum Gasteiger partial charge on any atom is 0.257 e. The Kier molecular flexibility index (Phi) is 6.14. The van der Waals surface area contributed by atoms with E-state index >= 15 is 0 Å². The lowest BCUT2D eigenvalue weighted by Crippen LogP contribution is -2.34. The van der Waals surface area contributed by atoms with Gasteiger partial charge in [-0.1, -0.05) is 13.0 Å². The number of nitrogens with one attached hydrogen (secondary N) is 2. The van der Waals surface area contributed by atoms with Crippen LogP contribution in [0.5, 0.6) is 11.5 Å². The molecule has 0 aliphatic rings. The van der Waals surface area contributed by atoms with Crippen LogP contribution in [0.4, 0.5) is 5.69 Å². The average molecular weight is 344 g/mol. The molecule has 1 amide bonds. The van der Waals surface area contributed by atoms with Crippen molar-refractivity contribution in [2.24, 2.45) is 0 Å². The molecule has 0 aliphatic carbocycles. The predicted octanol–water partition coefficient (Wildman–Crippen LogP) is 3.62. The van der Waals surface area contributed by atoms with Crippen LogP contribution in [0.1, 0.15) is 29.3 Å². The summed E-state index contributed by atoms with van der Waals surface area (Å²) in [4.78, 5) is 12.2. The highest BCUT2D eigenvalue weighted by molar-refractivity contribution is 7.80. The van der Waals surface area contributed by atoms with Crippen LogP contribution in [0.15, 0.2) is 42.5 Å². The van der Waals surface area contributed by atoms with Gasteiger partial charge in [-0.3, -0.25) is 10.1 Å². The van der Waals surface area contributed by atoms with Crippen molar-refractivity contribution in [3.05, 3.63) is 53.6 Å². The van der Waals surface area contributed by atoms with Crippen molar-refractivity contribution >= 4 is 28.9 Å². The topological polar surface area (TPSA) is 70.6 Å². The fraction of sp³-hybridized carbons (Fsp3) is 0.222. The summed E-state index contributed by atoms with van der Waals surface area (Å²) < 4.78 is 5.48. The maximum absolute atomic E-state index is 12.2. The number of hydrogen-bond donors (Lipinski definition) is 3. The van der Waals surface area contributed by atoms with Crippen molar-refractivity contribution < 1.29 is 14.6 Å². The first kappa shape index (κ1) is 17.7. The molecule has 5 nitrogen and oxygen atoms in total. The van der Waals surface area contributed by atoms with Gasteiger partial charge in [0.25, 0.3) is 5.91 Å². The van der Waals surface area contributed by atoms with E-state index < -0.39 is 0 Å². The van der Waals surface area contributed by atoms with Gasteiger partial charge in [0.15, 0.2) is 5.11 Å². The van der Waals surface area contributed by atoms with E-state index in [0.29, 0.717) is 17.9 Å². The summed E-state index contributed by atoms with van der Waals surface area (Å²) in [6.45, 7) is 4.57. The van der Waals surface area contributed by atoms with Gasteiger partial charge in [-0.15, -0.1) is 0 Å². The summed E-state index contributed by atoms with van der Waals surface area (Å²) in [5.41, 5.74) is 1.88. The van der Waals surface area contributed by atoms with Crippen molar-refractivity contribution in [2.75, 3.05) is 11.9 Å². The summed E-state index contributed by atoms with van der Waals surface area (Å²) in [5, 5.41) is 15.3. The van der Waals surface area contributed by atoms with Crippen molar-refractivity contribution in [1.82, 2.24) is 5.32 Å². The van der Waals surface area contributed by atoms with E-state index in [0.717, 1.165) is 17.7 Å². The Hall–Kier alpha value is -2.60. The number of rotatable bonds is 5. The highest BCUT2D eigenvalue weighted by Gasteiger charge is 2.10. The summed E-state index contributed by atoms with van der Waals surface area (Å²) in [6, 6.07) is 11.9. The molecule has 6 heteroatoms. The van der Waals surface area contributed by atoms with Crippen molar-refractivity contribution in [1.29, 1.82) is 0 Å².